The number of carbonyl (C=O) groups is 1. The predicted molar refractivity (Wildman–Crippen MR) is 66.1 cm³/mol. The van der Waals surface area contributed by atoms with Gasteiger partial charge in [-0.05, 0) is 26.3 Å². The predicted octanol–water partition coefficient (Wildman–Crippen LogP) is 0.570. The first kappa shape index (κ1) is 13.5. The molecule has 1 saturated carbocycles. The second kappa shape index (κ2) is 6.21. The zero-order chi connectivity index (χ0) is 12.1. The van der Waals surface area contributed by atoms with Gasteiger partial charge in [0.05, 0.1) is 0 Å². The molecule has 1 aliphatic carbocycles. The number of nitrogens with zero attached hydrogens (tertiary/aromatic N) is 1. The van der Waals surface area contributed by atoms with Crippen molar-refractivity contribution >= 4 is 5.91 Å². The summed E-state index contributed by atoms with van der Waals surface area (Å²) in [6.07, 6.45) is 2.63. The van der Waals surface area contributed by atoms with E-state index in [9.17, 15) is 4.79 Å². The highest BCUT2D eigenvalue weighted by molar-refractivity contribution is 5.78. The maximum absolute atomic E-state index is 11.6. The molecule has 0 saturated heterocycles. The molecule has 4 nitrogen and oxygen atoms in total. The van der Waals surface area contributed by atoms with Crippen LogP contribution in [-0.2, 0) is 4.79 Å². The summed E-state index contributed by atoms with van der Waals surface area (Å²) in [5, 5.41) is 2.95. The Morgan fingerprint density at radius 1 is 1.50 bits per heavy atom. The summed E-state index contributed by atoms with van der Waals surface area (Å²) in [6.45, 7) is 8.68. The monoisotopic (exact) mass is 227 g/mol. The van der Waals surface area contributed by atoms with Crippen LogP contribution in [0.2, 0.25) is 0 Å². The molecular weight excluding hydrogens is 202 g/mol. The van der Waals surface area contributed by atoms with Crippen LogP contribution in [0.1, 0.15) is 33.6 Å². The molecule has 1 aliphatic rings. The lowest BCUT2D eigenvalue weighted by atomic mass is 10.0. The molecular formula is C12H25N3O. The van der Waals surface area contributed by atoms with Crippen LogP contribution in [0.25, 0.3) is 0 Å². The Kier molecular flexibility index (Phi) is 5.22. The molecule has 0 bridgehead atoms. The Balaban J connectivity index is 2.16. The van der Waals surface area contributed by atoms with Crippen LogP contribution in [0.15, 0.2) is 0 Å². The van der Waals surface area contributed by atoms with Gasteiger partial charge >= 0.3 is 0 Å². The van der Waals surface area contributed by atoms with Crippen molar-refractivity contribution in [2.75, 3.05) is 19.6 Å². The number of hydrogen-bond donors (Lipinski definition) is 2. The van der Waals surface area contributed by atoms with Crippen molar-refractivity contribution in [1.29, 1.82) is 0 Å². The minimum atomic E-state index is -0.101. The van der Waals surface area contributed by atoms with E-state index < -0.39 is 0 Å². The first-order valence-electron chi connectivity index (χ1n) is 6.33. The first-order valence-corrected chi connectivity index (χ1v) is 6.33. The number of carbonyl (C=O) groups excluding carboxylic acids is 1. The Bertz CT molecular complexity index is 226. The van der Waals surface area contributed by atoms with Gasteiger partial charge in [0.1, 0.15) is 0 Å². The van der Waals surface area contributed by atoms with Gasteiger partial charge in [-0.2, -0.15) is 0 Å². The standard InChI is InChI=1S/C12H25N3O/c1-4-15(11-5-6-11)8-7-14-12(16)9(2)10(3)13/h9-11H,4-8,13H2,1-3H3,(H,14,16). The minimum absolute atomic E-state index is 0.0712. The highest BCUT2D eigenvalue weighted by Crippen LogP contribution is 2.25. The van der Waals surface area contributed by atoms with Crippen LogP contribution in [0, 0.1) is 5.92 Å². The molecule has 2 unspecified atom stereocenters. The van der Waals surface area contributed by atoms with Gasteiger partial charge in [0, 0.05) is 31.1 Å². The van der Waals surface area contributed by atoms with Gasteiger partial charge in [0.2, 0.25) is 5.91 Å². The van der Waals surface area contributed by atoms with Gasteiger partial charge in [-0.15, -0.1) is 0 Å². The van der Waals surface area contributed by atoms with Crippen molar-refractivity contribution in [1.82, 2.24) is 10.2 Å². The van der Waals surface area contributed by atoms with Gasteiger partial charge in [-0.3, -0.25) is 9.69 Å². The summed E-state index contributed by atoms with van der Waals surface area (Å²) in [4.78, 5) is 14.1. The summed E-state index contributed by atoms with van der Waals surface area (Å²) >= 11 is 0. The third kappa shape index (κ3) is 4.10. The largest absolute Gasteiger partial charge is 0.355 e. The number of likely N-dealkylation sites (N-methyl/N-ethyl adjacent to an activating group) is 1. The topological polar surface area (TPSA) is 58.4 Å². The van der Waals surface area contributed by atoms with Crippen LogP contribution >= 0.6 is 0 Å². The molecule has 0 aromatic heterocycles. The molecule has 0 aromatic carbocycles. The van der Waals surface area contributed by atoms with Crippen molar-refractivity contribution in [3.05, 3.63) is 0 Å². The van der Waals surface area contributed by atoms with Gasteiger partial charge in [-0.1, -0.05) is 13.8 Å². The number of nitrogens with two attached hydrogens (primary N) is 1. The quantitative estimate of drug-likeness (QED) is 0.668. The van der Waals surface area contributed by atoms with E-state index in [1.807, 2.05) is 13.8 Å². The normalized spacial score (nSPS) is 19.6. The molecule has 1 fully saturated rings. The van der Waals surface area contributed by atoms with E-state index in [2.05, 4.69) is 17.1 Å². The van der Waals surface area contributed by atoms with Crippen molar-refractivity contribution in [2.24, 2.45) is 11.7 Å². The van der Waals surface area contributed by atoms with Crippen LogP contribution in [0.5, 0.6) is 0 Å². The van der Waals surface area contributed by atoms with Crippen LogP contribution < -0.4 is 11.1 Å². The average Bonchev–Trinajstić information content (AvgIpc) is 3.06. The second-order valence-corrected chi connectivity index (χ2v) is 4.80. The van der Waals surface area contributed by atoms with E-state index in [0.29, 0.717) is 0 Å². The molecule has 2 atom stereocenters. The van der Waals surface area contributed by atoms with Crippen LogP contribution in [-0.4, -0.2) is 42.5 Å². The Morgan fingerprint density at radius 2 is 2.12 bits per heavy atom. The van der Waals surface area contributed by atoms with Crippen molar-refractivity contribution in [3.63, 3.8) is 0 Å². The first-order chi connectivity index (χ1) is 7.56. The maximum atomic E-state index is 11.6. The molecule has 1 rings (SSSR count). The lowest BCUT2D eigenvalue weighted by Crippen LogP contribution is -2.42. The smallest absolute Gasteiger partial charge is 0.224 e. The zero-order valence-electron chi connectivity index (χ0n) is 10.7. The van der Waals surface area contributed by atoms with E-state index in [4.69, 9.17) is 5.73 Å². The second-order valence-electron chi connectivity index (χ2n) is 4.80. The van der Waals surface area contributed by atoms with Crippen molar-refractivity contribution in [2.45, 2.75) is 45.7 Å². The number of rotatable bonds is 7. The summed E-state index contributed by atoms with van der Waals surface area (Å²) in [6, 6.07) is 0.693. The molecule has 0 aromatic rings. The molecule has 4 heteroatoms. The summed E-state index contributed by atoms with van der Waals surface area (Å²) < 4.78 is 0. The SMILES string of the molecule is CCN(CCNC(=O)C(C)C(C)N)C1CC1. The Hall–Kier alpha value is -0.610. The minimum Gasteiger partial charge on any atom is -0.355 e. The maximum Gasteiger partial charge on any atom is 0.224 e. The molecule has 0 radical (unpaired) electrons. The number of amides is 1. The lowest BCUT2D eigenvalue weighted by molar-refractivity contribution is -0.124. The molecule has 0 spiro atoms. The Labute approximate surface area is 98.6 Å². The van der Waals surface area contributed by atoms with Gasteiger partial charge in [0.25, 0.3) is 0 Å². The number of hydrogen-bond acceptors (Lipinski definition) is 3. The third-order valence-electron chi connectivity index (χ3n) is 3.37. The molecule has 1 amide bonds. The van der Waals surface area contributed by atoms with E-state index >= 15 is 0 Å². The van der Waals surface area contributed by atoms with Gasteiger partial charge in [0.15, 0.2) is 0 Å². The van der Waals surface area contributed by atoms with Crippen molar-refractivity contribution < 1.29 is 4.79 Å². The van der Waals surface area contributed by atoms with Crippen LogP contribution in [0.4, 0.5) is 0 Å². The van der Waals surface area contributed by atoms with Gasteiger partial charge in [-0.25, -0.2) is 0 Å². The fraction of sp³-hybridized carbons (Fsp3) is 0.917. The fourth-order valence-electron chi connectivity index (χ4n) is 1.76. The highest BCUT2D eigenvalue weighted by atomic mass is 16.1. The molecule has 16 heavy (non-hydrogen) atoms. The summed E-state index contributed by atoms with van der Waals surface area (Å²) in [7, 11) is 0. The van der Waals surface area contributed by atoms with Crippen molar-refractivity contribution in [3.8, 4) is 0 Å². The van der Waals surface area contributed by atoms with E-state index in [1.54, 1.807) is 0 Å². The fourth-order valence-corrected chi connectivity index (χ4v) is 1.76. The molecule has 3 N–H and O–H groups in total. The van der Waals surface area contributed by atoms with Crippen LogP contribution in [0.3, 0.4) is 0 Å². The average molecular weight is 227 g/mol. The van der Waals surface area contributed by atoms with E-state index in [1.165, 1.54) is 12.8 Å². The summed E-state index contributed by atoms with van der Waals surface area (Å²) in [5.74, 6) is -0.0298. The van der Waals surface area contributed by atoms with E-state index in [-0.39, 0.29) is 17.9 Å². The molecule has 0 heterocycles. The molecule has 0 aliphatic heterocycles. The highest BCUT2D eigenvalue weighted by Gasteiger charge is 2.27. The Morgan fingerprint density at radius 3 is 2.56 bits per heavy atom. The lowest BCUT2D eigenvalue weighted by Gasteiger charge is -2.21. The third-order valence-corrected chi connectivity index (χ3v) is 3.37. The van der Waals surface area contributed by atoms with E-state index in [0.717, 1.165) is 25.7 Å². The number of nitrogens with one attached hydrogen (secondary N) is 1. The summed E-state index contributed by atoms with van der Waals surface area (Å²) in [5.41, 5.74) is 5.68. The van der Waals surface area contributed by atoms with Gasteiger partial charge < -0.3 is 11.1 Å². The molecule has 94 valence electrons. The zero-order valence-corrected chi connectivity index (χ0v) is 10.7.